The maximum Gasteiger partial charge on any atom is 0.121 e. The summed E-state index contributed by atoms with van der Waals surface area (Å²) in [6.07, 6.45) is 1.92. The first-order valence-corrected chi connectivity index (χ1v) is 10.2. The van der Waals surface area contributed by atoms with Crippen molar-refractivity contribution in [3.8, 4) is 5.75 Å². The molecule has 0 aliphatic carbocycles. The number of imidazole rings is 2. The van der Waals surface area contributed by atoms with E-state index in [9.17, 15) is 0 Å². The molecule has 0 aliphatic heterocycles. The summed E-state index contributed by atoms with van der Waals surface area (Å²) < 4.78 is 5.33. The molecule has 0 unspecified atom stereocenters. The molecule has 4 rings (SSSR count). The van der Waals surface area contributed by atoms with E-state index in [1.165, 1.54) is 5.56 Å². The highest BCUT2D eigenvalue weighted by Gasteiger charge is 2.25. The third-order valence-electron chi connectivity index (χ3n) is 5.66. The van der Waals surface area contributed by atoms with Gasteiger partial charge in [-0.3, -0.25) is 0 Å². The Hall–Kier alpha value is -2.82. The minimum atomic E-state index is -0.0857. The standard InChI is InChI=1S/C24H30N4O/c1-23(2,3)21-26-18-9-7-8-15(20(18)28-21)12-13-24(4,5)22-25-17-11-10-16(29-6)14-19(17)27-22/h7-11,14H,12-13H2,1-6H3,(H,25,27)(H,26,28). The number of rotatable bonds is 5. The van der Waals surface area contributed by atoms with Crippen molar-refractivity contribution in [1.82, 2.24) is 19.9 Å². The first kappa shape index (κ1) is 19.5. The first-order valence-electron chi connectivity index (χ1n) is 10.2. The van der Waals surface area contributed by atoms with Gasteiger partial charge in [0.05, 0.1) is 29.2 Å². The van der Waals surface area contributed by atoms with Crippen molar-refractivity contribution in [2.24, 2.45) is 0 Å². The number of benzene rings is 2. The van der Waals surface area contributed by atoms with Gasteiger partial charge >= 0.3 is 0 Å². The van der Waals surface area contributed by atoms with Gasteiger partial charge in [-0.05, 0) is 36.6 Å². The molecule has 0 radical (unpaired) electrons. The number of aromatic amines is 2. The van der Waals surface area contributed by atoms with Gasteiger partial charge in [0.15, 0.2) is 0 Å². The number of aromatic nitrogens is 4. The SMILES string of the molecule is COc1ccc2nc(C(C)(C)CCc3cccc4[nH]c(C(C)(C)C)nc34)[nH]c2c1. The highest BCUT2D eigenvalue weighted by molar-refractivity contribution is 5.79. The van der Waals surface area contributed by atoms with Gasteiger partial charge in [0.1, 0.15) is 17.4 Å². The third-order valence-corrected chi connectivity index (χ3v) is 5.66. The number of methoxy groups -OCH3 is 1. The molecule has 0 saturated heterocycles. The van der Waals surface area contributed by atoms with E-state index in [1.807, 2.05) is 18.2 Å². The van der Waals surface area contributed by atoms with Crippen LogP contribution in [0, 0.1) is 0 Å². The van der Waals surface area contributed by atoms with Crippen molar-refractivity contribution in [2.75, 3.05) is 7.11 Å². The van der Waals surface area contributed by atoms with E-state index in [1.54, 1.807) is 7.11 Å². The molecule has 2 heterocycles. The Morgan fingerprint density at radius 2 is 1.66 bits per heavy atom. The van der Waals surface area contributed by atoms with E-state index in [2.05, 4.69) is 62.8 Å². The number of nitrogens with one attached hydrogen (secondary N) is 2. The average Bonchev–Trinajstić information content (AvgIpc) is 3.30. The van der Waals surface area contributed by atoms with Crippen LogP contribution >= 0.6 is 0 Å². The number of fused-ring (bicyclic) bond motifs is 2. The second-order valence-electron chi connectivity index (χ2n) is 9.50. The summed E-state index contributed by atoms with van der Waals surface area (Å²) in [6.45, 7) is 11.0. The molecule has 2 N–H and O–H groups in total. The van der Waals surface area contributed by atoms with E-state index >= 15 is 0 Å². The number of aryl methyl sites for hydroxylation is 1. The molecule has 4 aromatic rings. The number of H-pyrrole nitrogens is 2. The lowest BCUT2D eigenvalue weighted by molar-refractivity contribution is 0.415. The van der Waals surface area contributed by atoms with Crippen LogP contribution in [0.5, 0.6) is 5.75 Å². The Morgan fingerprint density at radius 3 is 2.38 bits per heavy atom. The Labute approximate surface area is 171 Å². The Morgan fingerprint density at radius 1 is 0.897 bits per heavy atom. The van der Waals surface area contributed by atoms with E-state index in [4.69, 9.17) is 14.7 Å². The quantitative estimate of drug-likeness (QED) is 0.462. The summed E-state index contributed by atoms with van der Waals surface area (Å²) >= 11 is 0. The lowest BCUT2D eigenvalue weighted by Crippen LogP contribution is -2.20. The first-order chi connectivity index (χ1) is 13.7. The third kappa shape index (κ3) is 3.74. The van der Waals surface area contributed by atoms with E-state index in [0.29, 0.717) is 0 Å². The van der Waals surface area contributed by atoms with E-state index in [-0.39, 0.29) is 10.8 Å². The molecule has 0 spiro atoms. The van der Waals surface area contributed by atoms with Crippen molar-refractivity contribution >= 4 is 22.1 Å². The van der Waals surface area contributed by atoms with Crippen LogP contribution in [-0.4, -0.2) is 27.0 Å². The van der Waals surface area contributed by atoms with Gasteiger partial charge in [-0.15, -0.1) is 0 Å². The van der Waals surface area contributed by atoms with Gasteiger partial charge < -0.3 is 14.7 Å². The number of hydrogen-bond acceptors (Lipinski definition) is 3. The van der Waals surface area contributed by atoms with Crippen molar-refractivity contribution in [1.29, 1.82) is 0 Å². The number of hydrogen-bond donors (Lipinski definition) is 2. The Kier molecular flexibility index (Phi) is 4.64. The normalized spacial score (nSPS) is 12.8. The fourth-order valence-corrected chi connectivity index (χ4v) is 3.65. The number of para-hydroxylation sites is 1. The Bertz CT molecular complexity index is 1160. The maximum absolute atomic E-state index is 5.33. The van der Waals surface area contributed by atoms with Crippen molar-refractivity contribution in [3.05, 3.63) is 53.6 Å². The molecule has 0 fully saturated rings. The number of nitrogens with zero attached hydrogens (tertiary/aromatic N) is 2. The van der Waals surface area contributed by atoms with Gasteiger partial charge in [0.25, 0.3) is 0 Å². The van der Waals surface area contributed by atoms with Gasteiger partial charge in [-0.2, -0.15) is 0 Å². The average molecular weight is 391 g/mol. The predicted octanol–water partition coefficient (Wildman–Crippen LogP) is 5.66. The van der Waals surface area contributed by atoms with Crippen LogP contribution in [0.15, 0.2) is 36.4 Å². The largest absolute Gasteiger partial charge is 0.497 e. The fraction of sp³-hybridized carbons (Fsp3) is 0.417. The number of ether oxygens (including phenoxy) is 1. The second kappa shape index (κ2) is 6.90. The maximum atomic E-state index is 5.33. The van der Waals surface area contributed by atoms with E-state index in [0.717, 1.165) is 52.3 Å². The van der Waals surface area contributed by atoms with Crippen LogP contribution in [0.25, 0.3) is 22.1 Å². The molecule has 5 heteroatoms. The van der Waals surface area contributed by atoms with Crippen LogP contribution in [0.3, 0.4) is 0 Å². The van der Waals surface area contributed by atoms with Crippen molar-refractivity contribution in [3.63, 3.8) is 0 Å². The summed E-state index contributed by atoms with van der Waals surface area (Å²) in [5.74, 6) is 2.88. The smallest absolute Gasteiger partial charge is 0.121 e. The molecule has 5 nitrogen and oxygen atoms in total. The molecule has 0 atom stereocenters. The fourth-order valence-electron chi connectivity index (χ4n) is 3.65. The molecule has 29 heavy (non-hydrogen) atoms. The summed E-state index contributed by atoms with van der Waals surface area (Å²) in [6, 6.07) is 12.4. The lowest BCUT2D eigenvalue weighted by atomic mass is 9.85. The van der Waals surface area contributed by atoms with Gasteiger partial charge in [0.2, 0.25) is 0 Å². The Balaban J connectivity index is 1.60. The second-order valence-corrected chi connectivity index (χ2v) is 9.50. The molecule has 0 amide bonds. The summed E-state index contributed by atoms with van der Waals surface area (Å²) in [7, 11) is 1.68. The monoisotopic (exact) mass is 390 g/mol. The predicted molar refractivity (Wildman–Crippen MR) is 119 cm³/mol. The van der Waals surface area contributed by atoms with Crippen LogP contribution < -0.4 is 4.74 Å². The summed E-state index contributed by atoms with van der Waals surface area (Å²) in [4.78, 5) is 16.7. The highest BCUT2D eigenvalue weighted by atomic mass is 16.5. The molecular weight excluding hydrogens is 360 g/mol. The van der Waals surface area contributed by atoms with Crippen molar-refractivity contribution < 1.29 is 4.74 Å². The minimum absolute atomic E-state index is 0.00485. The zero-order chi connectivity index (χ0) is 20.8. The zero-order valence-electron chi connectivity index (χ0n) is 18.2. The summed E-state index contributed by atoms with van der Waals surface area (Å²) in [5.41, 5.74) is 5.38. The van der Waals surface area contributed by atoms with Crippen LogP contribution in [0.4, 0.5) is 0 Å². The molecule has 2 aromatic heterocycles. The van der Waals surface area contributed by atoms with E-state index < -0.39 is 0 Å². The zero-order valence-corrected chi connectivity index (χ0v) is 18.2. The molecule has 0 aliphatic rings. The van der Waals surface area contributed by atoms with Gasteiger partial charge in [-0.1, -0.05) is 46.8 Å². The molecule has 152 valence electrons. The molecule has 0 saturated carbocycles. The molecular formula is C24H30N4O. The molecule has 0 bridgehead atoms. The van der Waals surface area contributed by atoms with Crippen molar-refractivity contribution in [2.45, 2.75) is 58.3 Å². The van der Waals surface area contributed by atoms with Crippen LogP contribution in [-0.2, 0) is 17.3 Å². The van der Waals surface area contributed by atoms with Crippen LogP contribution in [0.1, 0.15) is 58.3 Å². The molecule has 2 aromatic carbocycles. The van der Waals surface area contributed by atoms with Crippen LogP contribution in [0.2, 0.25) is 0 Å². The van der Waals surface area contributed by atoms with Gasteiger partial charge in [-0.25, -0.2) is 9.97 Å². The topological polar surface area (TPSA) is 66.6 Å². The highest BCUT2D eigenvalue weighted by Crippen LogP contribution is 2.31. The van der Waals surface area contributed by atoms with Gasteiger partial charge in [0, 0.05) is 16.9 Å². The lowest BCUT2D eigenvalue weighted by Gasteiger charge is -2.22. The minimum Gasteiger partial charge on any atom is -0.497 e. The summed E-state index contributed by atoms with van der Waals surface area (Å²) in [5, 5.41) is 0.